The van der Waals surface area contributed by atoms with Crippen LogP contribution in [0.15, 0.2) is 6.20 Å². The molecule has 1 saturated carbocycles. The molecular weight excluding hydrogens is 266 g/mol. The van der Waals surface area contributed by atoms with E-state index in [2.05, 4.69) is 15.2 Å². The van der Waals surface area contributed by atoms with Gasteiger partial charge in [-0.3, -0.25) is 4.90 Å². The first-order valence-electron chi connectivity index (χ1n) is 6.85. The van der Waals surface area contributed by atoms with Crippen molar-refractivity contribution >= 4 is 22.9 Å². The van der Waals surface area contributed by atoms with Crippen molar-refractivity contribution in [1.29, 1.82) is 0 Å². The molecule has 100 valence electrons. The minimum absolute atomic E-state index is 0.658. The summed E-state index contributed by atoms with van der Waals surface area (Å²) in [6.45, 7) is 4.64. The van der Waals surface area contributed by atoms with E-state index >= 15 is 0 Å². The van der Waals surface area contributed by atoms with Crippen LogP contribution >= 0.6 is 22.9 Å². The zero-order valence-electron chi connectivity index (χ0n) is 10.6. The van der Waals surface area contributed by atoms with E-state index in [-0.39, 0.29) is 0 Å². The molecule has 3 nitrogen and oxygen atoms in total. The van der Waals surface area contributed by atoms with Gasteiger partial charge in [-0.25, -0.2) is 4.98 Å². The Hall–Kier alpha value is -0.160. The van der Waals surface area contributed by atoms with Crippen LogP contribution in [0.5, 0.6) is 0 Å². The Balaban J connectivity index is 1.39. The van der Waals surface area contributed by atoms with Gasteiger partial charge in [0.05, 0.1) is 0 Å². The van der Waals surface area contributed by atoms with Crippen molar-refractivity contribution in [2.75, 3.05) is 19.6 Å². The van der Waals surface area contributed by atoms with Gasteiger partial charge in [0.2, 0.25) is 0 Å². The molecule has 1 aliphatic heterocycles. The molecule has 1 N–H and O–H groups in total. The summed E-state index contributed by atoms with van der Waals surface area (Å²) in [6, 6.07) is 0.742. The molecule has 1 aromatic heterocycles. The predicted molar refractivity (Wildman–Crippen MR) is 76.1 cm³/mol. The van der Waals surface area contributed by atoms with Gasteiger partial charge >= 0.3 is 0 Å². The van der Waals surface area contributed by atoms with Crippen LogP contribution < -0.4 is 5.32 Å². The van der Waals surface area contributed by atoms with E-state index in [0.29, 0.717) is 4.47 Å². The van der Waals surface area contributed by atoms with Crippen LogP contribution in [0.25, 0.3) is 0 Å². The molecule has 2 aliphatic rings. The first-order chi connectivity index (χ1) is 8.79. The minimum Gasteiger partial charge on any atom is -0.314 e. The second-order valence-corrected chi connectivity index (χ2v) is 7.18. The number of hydrogen-bond donors (Lipinski definition) is 1. The maximum atomic E-state index is 5.86. The monoisotopic (exact) mass is 285 g/mol. The third kappa shape index (κ3) is 3.67. The lowest BCUT2D eigenvalue weighted by Gasteiger charge is -2.32. The standard InChI is InChI=1S/C13H20ClN3S/c14-13-16-8-12(18-13)9-17-5-3-11(4-6-17)15-7-10-1-2-10/h8,10-11,15H,1-7,9H2. The lowest BCUT2D eigenvalue weighted by molar-refractivity contribution is 0.191. The fraction of sp³-hybridized carbons (Fsp3) is 0.769. The summed E-state index contributed by atoms with van der Waals surface area (Å²) in [5.74, 6) is 0.988. The van der Waals surface area contributed by atoms with Gasteiger partial charge in [0.1, 0.15) is 0 Å². The first kappa shape index (κ1) is 12.9. The number of nitrogens with zero attached hydrogens (tertiary/aromatic N) is 2. The van der Waals surface area contributed by atoms with Gasteiger partial charge < -0.3 is 5.32 Å². The topological polar surface area (TPSA) is 28.2 Å². The zero-order valence-corrected chi connectivity index (χ0v) is 12.1. The number of nitrogens with one attached hydrogen (secondary N) is 1. The average molecular weight is 286 g/mol. The van der Waals surface area contributed by atoms with E-state index in [1.807, 2.05) is 6.20 Å². The van der Waals surface area contributed by atoms with Crippen LogP contribution in [-0.4, -0.2) is 35.6 Å². The lowest BCUT2D eigenvalue weighted by Crippen LogP contribution is -2.42. The molecular formula is C13H20ClN3S. The third-order valence-electron chi connectivity index (χ3n) is 3.88. The summed E-state index contributed by atoms with van der Waals surface area (Å²) in [7, 11) is 0. The molecule has 0 bridgehead atoms. The number of piperidine rings is 1. The van der Waals surface area contributed by atoms with Crippen LogP contribution in [-0.2, 0) is 6.54 Å². The van der Waals surface area contributed by atoms with Gasteiger partial charge in [-0.1, -0.05) is 11.6 Å². The zero-order chi connectivity index (χ0) is 12.4. The van der Waals surface area contributed by atoms with Gasteiger partial charge in [-0.05, 0) is 38.1 Å². The highest BCUT2D eigenvalue weighted by molar-refractivity contribution is 7.15. The molecule has 1 aromatic rings. The quantitative estimate of drug-likeness (QED) is 0.902. The van der Waals surface area contributed by atoms with E-state index in [1.54, 1.807) is 11.3 Å². The Morgan fingerprint density at radius 1 is 1.33 bits per heavy atom. The molecule has 2 fully saturated rings. The molecule has 0 aromatic carbocycles. The number of likely N-dealkylation sites (tertiary alicyclic amines) is 1. The summed E-state index contributed by atoms with van der Waals surface area (Å²) >= 11 is 7.46. The molecule has 1 aliphatic carbocycles. The maximum absolute atomic E-state index is 5.86. The second kappa shape index (κ2) is 5.87. The average Bonchev–Trinajstić information content (AvgIpc) is 3.12. The van der Waals surface area contributed by atoms with Gasteiger partial charge in [0, 0.05) is 36.8 Å². The van der Waals surface area contributed by atoms with E-state index in [4.69, 9.17) is 11.6 Å². The highest BCUT2D eigenvalue weighted by atomic mass is 35.5. The molecule has 0 amide bonds. The number of hydrogen-bond acceptors (Lipinski definition) is 4. The van der Waals surface area contributed by atoms with Crippen LogP contribution in [0.3, 0.4) is 0 Å². The molecule has 0 unspecified atom stereocenters. The van der Waals surface area contributed by atoms with Crippen molar-refractivity contribution in [3.8, 4) is 0 Å². The first-order valence-corrected chi connectivity index (χ1v) is 8.05. The van der Waals surface area contributed by atoms with E-state index in [0.717, 1.165) is 18.5 Å². The van der Waals surface area contributed by atoms with Crippen LogP contribution in [0.2, 0.25) is 4.47 Å². The molecule has 0 radical (unpaired) electrons. The largest absolute Gasteiger partial charge is 0.314 e. The Morgan fingerprint density at radius 2 is 2.11 bits per heavy atom. The highest BCUT2D eigenvalue weighted by Gasteiger charge is 2.24. The molecule has 0 spiro atoms. The lowest BCUT2D eigenvalue weighted by atomic mass is 10.0. The van der Waals surface area contributed by atoms with Crippen molar-refractivity contribution in [1.82, 2.24) is 15.2 Å². The normalized spacial score (nSPS) is 22.5. The molecule has 18 heavy (non-hydrogen) atoms. The second-order valence-electron chi connectivity index (χ2n) is 5.48. The summed E-state index contributed by atoms with van der Waals surface area (Å²) in [6.07, 6.45) is 7.35. The van der Waals surface area contributed by atoms with Gasteiger partial charge in [0.15, 0.2) is 4.47 Å². The summed E-state index contributed by atoms with van der Waals surface area (Å²) in [4.78, 5) is 7.89. The maximum Gasteiger partial charge on any atom is 0.183 e. The Morgan fingerprint density at radius 3 is 2.72 bits per heavy atom. The molecule has 5 heteroatoms. The van der Waals surface area contributed by atoms with Crippen molar-refractivity contribution in [3.63, 3.8) is 0 Å². The van der Waals surface area contributed by atoms with Gasteiger partial charge in [-0.2, -0.15) is 0 Å². The smallest absolute Gasteiger partial charge is 0.183 e. The Kier molecular flexibility index (Phi) is 4.19. The van der Waals surface area contributed by atoms with Gasteiger partial charge in [0.25, 0.3) is 0 Å². The molecule has 3 rings (SSSR count). The summed E-state index contributed by atoms with van der Waals surface area (Å²) < 4.78 is 0.658. The van der Waals surface area contributed by atoms with E-state index in [9.17, 15) is 0 Å². The fourth-order valence-electron chi connectivity index (χ4n) is 2.53. The Bertz CT molecular complexity index is 383. The van der Waals surface area contributed by atoms with Crippen molar-refractivity contribution in [2.45, 2.75) is 38.3 Å². The number of aromatic nitrogens is 1. The van der Waals surface area contributed by atoms with Crippen molar-refractivity contribution in [2.24, 2.45) is 5.92 Å². The van der Waals surface area contributed by atoms with Crippen LogP contribution in [0, 0.1) is 5.92 Å². The predicted octanol–water partition coefficient (Wildman–Crippen LogP) is 2.76. The minimum atomic E-state index is 0.658. The summed E-state index contributed by atoms with van der Waals surface area (Å²) in [5.41, 5.74) is 0. The van der Waals surface area contributed by atoms with Crippen molar-refractivity contribution < 1.29 is 0 Å². The van der Waals surface area contributed by atoms with Crippen LogP contribution in [0.4, 0.5) is 0 Å². The number of halogens is 1. The van der Waals surface area contributed by atoms with Gasteiger partial charge in [-0.15, -0.1) is 11.3 Å². The fourth-order valence-corrected chi connectivity index (χ4v) is 3.55. The number of thiazole rings is 1. The van der Waals surface area contributed by atoms with E-state index in [1.165, 1.54) is 50.2 Å². The highest BCUT2D eigenvalue weighted by Crippen LogP contribution is 2.28. The summed E-state index contributed by atoms with van der Waals surface area (Å²) in [5, 5.41) is 3.71. The number of rotatable bonds is 5. The SMILES string of the molecule is Clc1ncc(CN2CCC(NCC3CC3)CC2)s1. The van der Waals surface area contributed by atoms with Crippen LogP contribution in [0.1, 0.15) is 30.6 Å². The third-order valence-corrected chi connectivity index (χ3v) is 4.98. The Labute approximate surface area is 118 Å². The van der Waals surface area contributed by atoms with Crippen molar-refractivity contribution in [3.05, 3.63) is 15.5 Å². The molecule has 1 saturated heterocycles. The molecule has 2 heterocycles. The van der Waals surface area contributed by atoms with E-state index < -0.39 is 0 Å². The molecule has 0 atom stereocenters.